The van der Waals surface area contributed by atoms with Gasteiger partial charge >= 0.3 is 5.97 Å². The Labute approximate surface area is 260 Å². The highest BCUT2D eigenvalue weighted by Gasteiger charge is 2.54. The molecule has 1 amide bonds. The largest absolute Gasteiger partial charge is 0.427 e. The molecule has 0 aromatic heterocycles. The molecule has 2 aromatic rings. The molecule has 1 heterocycles. The van der Waals surface area contributed by atoms with Gasteiger partial charge in [-0.1, -0.05) is 55.2 Å². The molecule has 228 valence electrons. The second-order valence-electron chi connectivity index (χ2n) is 13.1. The lowest BCUT2D eigenvalue weighted by Crippen LogP contribution is -2.62. The van der Waals surface area contributed by atoms with Crippen LogP contribution in [0.5, 0.6) is 5.75 Å². The molecule has 4 atom stereocenters. The number of halogens is 2. The number of likely N-dealkylation sites (tertiary alicyclic amines) is 1. The van der Waals surface area contributed by atoms with Crippen LogP contribution in [0, 0.1) is 17.8 Å². The van der Waals surface area contributed by atoms with Crippen molar-refractivity contribution < 1.29 is 19.1 Å². The number of carbonyl (C=O) groups excluding carboxylic acids is 2. The minimum atomic E-state index is -0.326. The summed E-state index contributed by atoms with van der Waals surface area (Å²) in [6.07, 6.45) is 5.54. The molecule has 0 bridgehead atoms. The van der Waals surface area contributed by atoms with Crippen LogP contribution in [0.4, 0.5) is 0 Å². The fraction of sp³-hybridized carbons (Fsp3) is 0.588. The molecule has 6 nitrogen and oxygen atoms in total. The summed E-state index contributed by atoms with van der Waals surface area (Å²) < 4.78 is 11.8. The quantitative estimate of drug-likeness (QED) is 0.218. The van der Waals surface area contributed by atoms with Crippen LogP contribution in [-0.2, 0) is 26.2 Å². The first-order valence-electron chi connectivity index (χ1n) is 15.4. The normalized spacial score (nSPS) is 26.1. The zero-order valence-corrected chi connectivity index (χ0v) is 26.8. The van der Waals surface area contributed by atoms with Gasteiger partial charge in [0.1, 0.15) is 5.75 Å². The smallest absolute Gasteiger partial charge is 0.308 e. The van der Waals surface area contributed by atoms with Crippen LogP contribution in [0.25, 0.3) is 0 Å². The van der Waals surface area contributed by atoms with Crippen LogP contribution >= 0.6 is 23.2 Å². The van der Waals surface area contributed by atoms with Crippen LogP contribution in [-0.4, -0.2) is 67.1 Å². The Hall–Kier alpha value is -2.12. The lowest BCUT2D eigenvalue weighted by atomic mass is 9.56. The number of piperidine rings is 1. The summed E-state index contributed by atoms with van der Waals surface area (Å²) in [5.74, 6) is 1.74. The van der Waals surface area contributed by atoms with Crippen molar-refractivity contribution in [1.29, 1.82) is 0 Å². The number of nitrogens with zero attached hydrogens (tertiary/aromatic N) is 2. The van der Waals surface area contributed by atoms with E-state index in [0.29, 0.717) is 28.3 Å². The molecule has 2 saturated carbocycles. The Morgan fingerprint density at radius 3 is 2.57 bits per heavy atom. The maximum atomic E-state index is 14.0. The fourth-order valence-corrected chi connectivity index (χ4v) is 7.69. The first-order valence-corrected chi connectivity index (χ1v) is 16.1. The van der Waals surface area contributed by atoms with E-state index in [9.17, 15) is 9.59 Å². The van der Waals surface area contributed by atoms with Crippen LogP contribution in [0.3, 0.4) is 0 Å². The third-order valence-electron chi connectivity index (χ3n) is 9.44. The number of ether oxygens (including phenoxy) is 2. The summed E-state index contributed by atoms with van der Waals surface area (Å²) in [6, 6.07) is 13.5. The van der Waals surface area contributed by atoms with E-state index in [1.54, 1.807) is 12.1 Å². The first kappa shape index (κ1) is 31.3. The van der Waals surface area contributed by atoms with Gasteiger partial charge < -0.3 is 19.3 Å². The molecular weight excluding hydrogens is 571 g/mol. The zero-order valence-electron chi connectivity index (χ0n) is 25.3. The average molecular weight is 616 g/mol. The highest BCUT2D eigenvalue weighted by atomic mass is 35.5. The highest BCUT2D eigenvalue weighted by Crippen LogP contribution is 2.52. The van der Waals surface area contributed by atoms with Gasteiger partial charge in [-0.3, -0.25) is 9.59 Å². The average Bonchev–Trinajstić information content (AvgIpc) is 3.77. The molecular formula is C34H44Cl2N2O4. The van der Waals surface area contributed by atoms with Gasteiger partial charge in [0.15, 0.2) is 0 Å². The maximum absolute atomic E-state index is 14.0. The van der Waals surface area contributed by atoms with E-state index < -0.39 is 0 Å². The number of amides is 1. The molecule has 3 aliphatic rings. The Morgan fingerprint density at radius 1 is 1.12 bits per heavy atom. The van der Waals surface area contributed by atoms with E-state index in [0.717, 1.165) is 50.4 Å². The van der Waals surface area contributed by atoms with E-state index >= 15 is 0 Å². The van der Waals surface area contributed by atoms with Crippen molar-refractivity contribution >= 4 is 35.1 Å². The van der Waals surface area contributed by atoms with Crippen molar-refractivity contribution in [1.82, 2.24) is 9.80 Å². The molecule has 8 heteroatoms. The van der Waals surface area contributed by atoms with E-state index in [1.807, 2.05) is 31.4 Å². The molecule has 0 radical (unpaired) electrons. The molecule has 5 rings (SSSR count). The number of fused-ring (bicyclic) bond motifs is 1. The highest BCUT2D eigenvalue weighted by molar-refractivity contribution is 6.42. The van der Waals surface area contributed by atoms with Crippen LogP contribution in [0.15, 0.2) is 42.5 Å². The molecule has 2 aromatic carbocycles. The van der Waals surface area contributed by atoms with Crippen molar-refractivity contribution in [2.24, 2.45) is 17.8 Å². The van der Waals surface area contributed by atoms with Crippen molar-refractivity contribution in [3.8, 4) is 5.75 Å². The molecule has 42 heavy (non-hydrogen) atoms. The zero-order chi connectivity index (χ0) is 30.0. The fourth-order valence-electron chi connectivity index (χ4n) is 7.36. The third-order valence-corrected chi connectivity index (χ3v) is 10.2. The van der Waals surface area contributed by atoms with Gasteiger partial charge in [-0.15, -0.1) is 0 Å². The van der Waals surface area contributed by atoms with E-state index in [2.05, 4.69) is 29.7 Å². The Morgan fingerprint density at radius 2 is 1.90 bits per heavy atom. The van der Waals surface area contributed by atoms with Gasteiger partial charge in [-0.25, -0.2) is 0 Å². The molecule has 0 spiro atoms. The van der Waals surface area contributed by atoms with Gasteiger partial charge in [-0.05, 0) is 85.9 Å². The number of methoxy groups -OCH3 is 1. The monoisotopic (exact) mass is 614 g/mol. The minimum Gasteiger partial charge on any atom is -0.427 e. The Balaban J connectivity index is 1.49. The van der Waals surface area contributed by atoms with E-state index in [1.165, 1.54) is 25.3 Å². The molecule has 1 unspecified atom stereocenters. The second kappa shape index (κ2) is 13.3. The molecule has 1 saturated heterocycles. The predicted octanol–water partition coefficient (Wildman–Crippen LogP) is 6.79. The number of esters is 1. The second-order valence-corrected chi connectivity index (χ2v) is 13.9. The first-order chi connectivity index (χ1) is 20.1. The summed E-state index contributed by atoms with van der Waals surface area (Å²) >= 11 is 12.4. The number of rotatable bonds is 10. The van der Waals surface area contributed by atoms with Gasteiger partial charge in [0.25, 0.3) is 0 Å². The summed E-state index contributed by atoms with van der Waals surface area (Å²) in [6.45, 7) is 9.56. The minimum absolute atomic E-state index is 0.00410. The van der Waals surface area contributed by atoms with Crippen molar-refractivity contribution in [3.63, 3.8) is 0 Å². The molecule has 3 fully saturated rings. The Bertz CT molecular complexity index is 1280. The molecule has 1 aliphatic heterocycles. The lowest BCUT2D eigenvalue weighted by molar-refractivity contribution is -0.140. The van der Waals surface area contributed by atoms with Gasteiger partial charge in [0, 0.05) is 51.0 Å². The molecule has 0 N–H and O–H groups in total. The predicted molar refractivity (Wildman–Crippen MR) is 167 cm³/mol. The summed E-state index contributed by atoms with van der Waals surface area (Å²) in [5, 5.41) is 0.945. The van der Waals surface area contributed by atoms with Gasteiger partial charge in [-0.2, -0.15) is 0 Å². The molecule has 2 aliphatic carbocycles. The SMILES string of the molecule is COC1C[C@H](N(CC(C)C)C(=O)Cc2ccc(Cl)c(Cl)c2)C[C@]2(c3cccc(OC(C)=O)c3)CCN(CC3CC3)C[C@@H]12. The number of benzene rings is 2. The summed E-state index contributed by atoms with van der Waals surface area (Å²) in [7, 11) is 1.82. The summed E-state index contributed by atoms with van der Waals surface area (Å²) in [4.78, 5) is 30.6. The van der Waals surface area contributed by atoms with E-state index in [-0.39, 0.29) is 41.8 Å². The third kappa shape index (κ3) is 7.15. The van der Waals surface area contributed by atoms with Gasteiger partial charge in [0.2, 0.25) is 5.91 Å². The van der Waals surface area contributed by atoms with Crippen molar-refractivity contribution in [3.05, 3.63) is 63.6 Å². The summed E-state index contributed by atoms with van der Waals surface area (Å²) in [5.41, 5.74) is 1.82. The maximum Gasteiger partial charge on any atom is 0.308 e. The number of carbonyl (C=O) groups is 2. The standard InChI is InChI=1S/C34H44Cl2N2O4/c1-22(2)19-38(33(40)15-25-10-11-30(35)31(36)14-25)27-17-32(41-4)29-21-37(20-24-8-9-24)13-12-34(29,18-27)26-6-5-7-28(16-26)42-23(3)39/h5-7,10-11,14,16,22,24,27,29,32H,8-9,12-13,15,17-21H2,1-4H3/t27-,29-,32?,34-/m0/s1. The number of hydrogen-bond donors (Lipinski definition) is 0. The van der Waals surface area contributed by atoms with Crippen LogP contribution < -0.4 is 4.74 Å². The van der Waals surface area contributed by atoms with Crippen molar-refractivity contribution in [2.75, 3.05) is 33.3 Å². The lowest BCUT2D eigenvalue weighted by Gasteiger charge is -2.57. The Kier molecular flexibility index (Phi) is 9.88. The van der Waals surface area contributed by atoms with Crippen LogP contribution in [0.2, 0.25) is 10.0 Å². The van der Waals surface area contributed by atoms with E-state index in [4.69, 9.17) is 32.7 Å². The van der Waals surface area contributed by atoms with Crippen LogP contribution in [0.1, 0.15) is 64.0 Å². The van der Waals surface area contributed by atoms with Gasteiger partial charge in [0.05, 0.1) is 22.6 Å². The number of hydrogen-bond acceptors (Lipinski definition) is 5. The van der Waals surface area contributed by atoms with Crippen molar-refractivity contribution in [2.45, 2.75) is 76.9 Å². The topological polar surface area (TPSA) is 59.1 Å².